The normalized spacial score (nSPS) is 14.2. The van der Waals surface area contributed by atoms with E-state index in [1.807, 2.05) is 24.3 Å². The summed E-state index contributed by atoms with van der Waals surface area (Å²) < 4.78 is 1.65. The Morgan fingerprint density at radius 2 is 2.32 bits per heavy atom. The smallest absolute Gasteiger partial charge is 0.257 e. The Morgan fingerprint density at radius 1 is 1.42 bits per heavy atom. The Balaban J connectivity index is 1.96. The first-order valence-corrected chi connectivity index (χ1v) is 6.64. The number of nitrogens with zero attached hydrogens (tertiary/aromatic N) is 2. The summed E-state index contributed by atoms with van der Waals surface area (Å²) >= 11 is 5.95. The second kappa shape index (κ2) is 5.15. The molecule has 0 fully saturated rings. The van der Waals surface area contributed by atoms with Gasteiger partial charge in [0.15, 0.2) is 0 Å². The number of aromatic nitrogens is 2. The standard InChI is InChI=1S/C14H14ClN3O/c15-11-3-1-2-10(6-11)8-18-9-17-13-7-16-5-4-12(13)14(18)19/h1-3,6,9,16H,4-5,7-8H2. The number of nitrogens with one attached hydrogen (secondary N) is 1. The molecular weight excluding hydrogens is 262 g/mol. The fourth-order valence-electron chi connectivity index (χ4n) is 2.33. The molecule has 1 aromatic carbocycles. The Morgan fingerprint density at radius 3 is 3.16 bits per heavy atom. The summed E-state index contributed by atoms with van der Waals surface area (Å²) in [4.78, 5) is 16.7. The molecule has 0 aliphatic carbocycles. The predicted molar refractivity (Wildman–Crippen MR) is 74.5 cm³/mol. The molecule has 1 aromatic heterocycles. The van der Waals surface area contributed by atoms with Crippen molar-refractivity contribution in [3.05, 3.63) is 62.8 Å². The van der Waals surface area contributed by atoms with E-state index in [-0.39, 0.29) is 5.56 Å². The van der Waals surface area contributed by atoms with Gasteiger partial charge in [0, 0.05) is 17.1 Å². The van der Waals surface area contributed by atoms with E-state index >= 15 is 0 Å². The molecule has 0 amide bonds. The van der Waals surface area contributed by atoms with E-state index in [0.717, 1.165) is 29.8 Å². The van der Waals surface area contributed by atoms with Crippen molar-refractivity contribution in [1.29, 1.82) is 0 Å². The maximum atomic E-state index is 12.4. The fraction of sp³-hybridized carbons (Fsp3) is 0.286. The molecule has 98 valence electrons. The van der Waals surface area contributed by atoms with Gasteiger partial charge in [0.05, 0.1) is 18.6 Å². The molecule has 0 unspecified atom stereocenters. The lowest BCUT2D eigenvalue weighted by molar-refractivity contribution is 0.596. The number of fused-ring (bicyclic) bond motifs is 1. The lowest BCUT2D eigenvalue weighted by atomic mass is 10.1. The summed E-state index contributed by atoms with van der Waals surface area (Å²) in [6, 6.07) is 7.54. The zero-order valence-electron chi connectivity index (χ0n) is 10.4. The molecule has 1 aliphatic heterocycles. The van der Waals surface area contributed by atoms with Crippen LogP contribution in [0.25, 0.3) is 0 Å². The van der Waals surface area contributed by atoms with Crippen molar-refractivity contribution in [2.75, 3.05) is 6.54 Å². The van der Waals surface area contributed by atoms with E-state index < -0.39 is 0 Å². The van der Waals surface area contributed by atoms with Gasteiger partial charge in [-0.2, -0.15) is 0 Å². The molecule has 1 aliphatic rings. The van der Waals surface area contributed by atoms with Crippen molar-refractivity contribution >= 4 is 11.6 Å². The molecule has 2 aromatic rings. The Labute approximate surface area is 116 Å². The lowest BCUT2D eigenvalue weighted by Gasteiger charge is -2.16. The van der Waals surface area contributed by atoms with Crippen molar-refractivity contribution in [2.45, 2.75) is 19.5 Å². The monoisotopic (exact) mass is 275 g/mol. The summed E-state index contributed by atoms with van der Waals surface area (Å²) in [5, 5.41) is 3.90. The molecule has 3 rings (SSSR count). The summed E-state index contributed by atoms with van der Waals surface area (Å²) in [7, 11) is 0. The van der Waals surface area contributed by atoms with Crippen molar-refractivity contribution in [3.8, 4) is 0 Å². The van der Waals surface area contributed by atoms with Gasteiger partial charge in [-0.25, -0.2) is 4.98 Å². The first kappa shape index (κ1) is 12.4. The maximum Gasteiger partial charge on any atom is 0.257 e. The minimum Gasteiger partial charge on any atom is -0.311 e. The van der Waals surface area contributed by atoms with Crippen LogP contribution >= 0.6 is 11.6 Å². The van der Waals surface area contributed by atoms with Gasteiger partial charge < -0.3 is 5.32 Å². The van der Waals surface area contributed by atoms with Crippen LogP contribution in [0.1, 0.15) is 16.8 Å². The first-order valence-electron chi connectivity index (χ1n) is 6.26. The molecule has 0 bridgehead atoms. The Kier molecular flexibility index (Phi) is 3.36. The van der Waals surface area contributed by atoms with Crippen molar-refractivity contribution in [2.24, 2.45) is 0 Å². The van der Waals surface area contributed by atoms with Gasteiger partial charge in [0.25, 0.3) is 5.56 Å². The molecule has 1 N–H and O–H groups in total. The number of hydrogen-bond donors (Lipinski definition) is 1. The van der Waals surface area contributed by atoms with Gasteiger partial charge in [-0.05, 0) is 30.7 Å². The van der Waals surface area contributed by atoms with Gasteiger partial charge in [-0.3, -0.25) is 9.36 Å². The number of rotatable bonds is 2. The second-order valence-corrected chi connectivity index (χ2v) is 5.10. The van der Waals surface area contributed by atoms with Gasteiger partial charge >= 0.3 is 0 Å². The molecule has 5 heteroatoms. The third-order valence-electron chi connectivity index (χ3n) is 3.31. The quantitative estimate of drug-likeness (QED) is 0.905. The van der Waals surface area contributed by atoms with Gasteiger partial charge in [0.1, 0.15) is 0 Å². The molecular formula is C14H14ClN3O. The van der Waals surface area contributed by atoms with Crippen LogP contribution in [0, 0.1) is 0 Å². The SMILES string of the molecule is O=c1c2c(ncn1Cc1cccc(Cl)c1)CNCC2. The van der Waals surface area contributed by atoms with Crippen LogP contribution < -0.4 is 10.9 Å². The van der Waals surface area contributed by atoms with E-state index in [9.17, 15) is 4.79 Å². The fourth-order valence-corrected chi connectivity index (χ4v) is 2.55. The summed E-state index contributed by atoms with van der Waals surface area (Å²) in [6.07, 6.45) is 2.37. The largest absolute Gasteiger partial charge is 0.311 e. The van der Waals surface area contributed by atoms with E-state index in [2.05, 4.69) is 10.3 Å². The third-order valence-corrected chi connectivity index (χ3v) is 3.54. The van der Waals surface area contributed by atoms with Crippen LogP contribution in [0.3, 0.4) is 0 Å². The summed E-state index contributed by atoms with van der Waals surface area (Å²) in [6.45, 7) is 2.03. The predicted octanol–water partition coefficient (Wildman–Crippen LogP) is 1.59. The number of halogens is 1. The third kappa shape index (κ3) is 2.55. The highest BCUT2D eigenvalue weighted by Crippen LogP contribution is 2.12. The highest BCUT2D eigenvalue weighted by atomic mass is 35.5. The zero-order chi connectivity index (χ0) is 13.2. The topological polar surface area (TPSA) is 46.9 Å². The molecule has 19 heavy (non-hydrogen) atoms. The maximum absolute atomic E-state index is 12.4. The minimum atomic E-state index is 0.0616. The summed E-state index contributed by atoms with van der Waals surface area (Å²) in [5.74, 6) is 0. The molecule has 0 radical (unpaired) electrons. The van der Waals surface area contributed by atoms with E-state index in [1.165, 1.54) is 0 Å². The van der Waals surface area contributed by atoms with Crippen molar-refractivity contribution < 1.29 is 0 Å². The molecule has 0 saturated heterocycles. The van der Waals surface area contributed by atoms with Crippen molar-refractivity contribution in [1.82, 2.24) is 14.9 Å². The van der Waals surface area contributed by atoms with Crippen molar-refractivity contribution in [3.63, 3.8) is 0 Å². The Hall–Kier alpha value is -1.65. The number of benzene rings is 1. The zero-order valence-corrected chi connectivity index (χ0v) is 11.2. The van der Waals surface area contributed by atoms with Crippen LogP contribution in [0.5, 0.6) is 0 Å². The molecule has 0 spiro atoms. The van der Waals surface area contributed by atoms with Gasteiger partial charge in [0.2, 0.25) is 0 Å². The average molecular weight is 276 g/mol. The second-order valence-electron chi connectivity index (χ2n) is 4.66. The van der Waals surface area contributed by atoms with Crippen LogP contribution in [-0.4, -0.2) is 16.1 Å². The van der Waals surface area contributed by atoms with Crippen LogP contribution in [0.2, 0.25) is 5.02 Å². The van der Waals surface area contributed by atoms with E-state index in [1.54, 1.807) is 10.9 Å². The number of hydrogen-bond acceptors (Lipinski definition) is 3. The van der Waals surface area contributed by atoms with Crippen LogP contribution in [0.4, 0.5) is 0 Å². The van der Waals surface area contributed by atoms with E-state index in [0.29, 0.717) is 18.1 Å². The molecule has 2 heterocycles. The minimum absolute atomic E-state index is 0.0616. The van der Waals surface area contributed by atoms with Gasteiger partial charge in [-0.15, -0.1) is 0 Å². The lowest BCUT2D eigenvalue weighted by Crippen LogP contribution is -2.34. The molecule has 0 saturated carbocycles. The van der Waals surface area contributed by atoms with E-state index in [4.69, 9.17) is 11.6 Å². The first-order chi connectivity index (χ1) is 9.24. The Bertz CT molecular complexity index is 666. The molecule has 4 nitrogen and oxygen atoms in total. The highest BCUT2D eigenvalue weighted by molar-refractivity contribution is 6.30. The average Bonchev–Trinajstić information content (AvgIpc) is 2.42. The molecule has 0 atom stereocenters. The van der Waals surface area contributed by atoms with Crippen LogP contribution in [0.15, 0.2) is 35.4 Å². The highest BCUT2D eigenvalue weighted by Gasteiger charge is 2.15. The van der Waals surface area contributed by atoms with Crippen LogP contribution in [-0.2, 0) is 19.5 Å². The summed E-state index contributed by atoms with van der Waals surface area (Å²) in [5.41, 5.74) is 2.78. The van der Waals surface area contributed by atoms with Gasteiger partial charge in [-0.1, -0.05) is 23.7 Å².